The molecule has 1 unspecified atom stereocenters. The third-order valence-electron chi connectivity index (χ3n) is 1.82. The van der Waals surface area contributed by atoms with E-state index in [1.807, 2.05) is 30.3 Å². The minimum absolute atomic E-state index is 0.172. The van der Waals surface area contributed by atoms with E-state index in [0.717, 1.165) is 5.56 Å². The molecule has 0 saturated carbocycles. The van der Waals surface area contributed by atoms with E-state index in [1.54, 1.807) is 13.8 Å². The predicted octanol–water partition coefficient (Wildman–Crippen LogP) is 2.77. The normalized spacial score (nSPS) is 15.0. The molecule has 0 aliphatic rings. The maximum Gasteiger partial charge on any atom is 0.356 e. The van der Waals surface area contributed by atoms with Crippen LogP contribution in [0, 0.1) is 0 Å². The molecule has 0 fully saturated rings. The Balaban J connectivity index is 2.55. The van der Waals surface area contributed by atoms with Gasteiger partial charge in [0.25, 0.3) is 0 Å². The van der Waals surface area contributed by atoms with Crippen molar-refractivity contribution in [3.05, 3.63) is 35.9 Å². The van der Waals surface area contributed by atoms with Crippen molar-refractivity contribution in [2.75, 3.05) is 6.35 Å². The van der Waals surface area contributed by atoms with Gasteiger partial charge in [-0.3, -0.25) is 4.57 Å². The van der Waals surface area contributed by atoms with Gasteiger partial charge in [0.15, 0.2) is 0 Å². The van der Waals surface area contributed by atoms with Gasteiger partial charge >= 0.3 is 7.60 Å². The first-order chi connectivity index (χ1) is 7.56. The van der Waals surface area contributed by atoms with Crippen LogP contribution in [0.2, 0.25) is 0 Å². The van der Waals surface area contributed by atoms with Crippen LogP contribution in [0.4, 0.5) is 0 Å². The van der Waals surface area contributed by atoms with E-state index in [9.17, 15) is 4.57 Å². The third-order valence-corrected chi connectivity index (χ3v) is 3.43. The van der Waals surface area contributed by atoms with E-state index in [-0.39, 0.29) is 12.7 Å². The Hall–Kier alpha value is -0.670. The molecule has 5 heteroatoms. The summed E-state index contributed by atoms with van der Waals surface area (Å²) in [6, 6.07) is 9.34. The van der Waals surface area contributed by atoms with Crippen LogP contribution >= 0.6 is 7.60 Å². The van der Waals surface area contributed by atoms with E-state index in [0.29, 0.717) is 0 Å². The molecule has 1 N–H and O–H groups in total. The highest BCUT2D eigenvalue weighted by atomic mass is 31.2. The summed E-state index contributed by atoms with van der Waals surface area (Å²) >= 11 is 0. The summed E-state index contributed by atoms with van der Waals surface area (Å²) < 4.78 is 22.1. The monoisotopic (exact) mass is 244 g/mol. The van der Waals surface area contributed by atoms with Crippen molar-refractivity contribution in [2.45, 2.75) is 26.6 Å². The van der Waals surface area contributed by atoms with Crippen LogP contribution in [0.25, 0.3) is 0 Å². The molecule has 0 aliphatic carbocycles. The lowest BCUT2D eigenvalue weighted by atomic mass is 10.2. The lowest BCUT2D eigenvalue weighted by Gasteiger charge is -2.18. The molecule has 1 aromatic carbocycles. The van der Waals surface area contributed by atoms with Crippen LogP contribution in [0.15, 0.2) is 30.3 Å². The fourth-order valence-electron chi connectivity index (χ4n) is 1.17. The van der Waals surface area contributed by atoms with E-state index in [1.165, 1.54) is 0 Å². The van der Waals surface area contributed by atoms with Gasteiger partial charge in [0.1, 0.15) is 6.35 Å². The van der Waals surface area contributed by atoms with Crippen molar-refractivity contribution in [1.29, 1.82) is 0 Å². The third kappa shape index (κ3) is 4.45. The number of benzene rings is 1. The zero-order valence-electron chi connectivity index (χ0n) is 9.50. The number of hydrogen-bond donors (Lipinski definition) is 1. The molecule has 4 nitrogen and oxygen atoms in total. The highest BCUT2D eigenvalue weighted by Gasteiger charge is 2.24. The molecule has 16 heavy (non-hydrogen) atoms. The number of hydrogen-bond acceptors (Lipinski definition) is 4. The predicted molar refractivity (Wildman–Crippen MR) is 62.1 cm³/mol. The molecule has 1 atom stereocenters. The minimum Gasteiger partial charge on any atom is -0.384 e. The van der Waals surface area contributed by atoms with Gasteiger partial charge in [0.05, 0.1) is 12.7 Å². The topological polar surface area (TPSA) is 55.8 Å². The SMILES string of the molecule is CC(C)OP(=O)(CO)OCc1ccccc1. The first-order valence-electron chi connectivity index (χ1n) is 5.12. The summed E-state index contributed by atoms with van der Waals surface area (Å²) in [7, 11) is -3.37. The maximum atomic E-state index is 11.9. The lowest BCUT2D eigenvalue weighted by molar-refractivity contribution is 0.144. The second kappa shape index (κ2) is 6.16. The average Bonchev–Trinajstić information content (AvgIpc) is 2.27. The van der Waals surface area contributed by atoms with Gasteiger partial charge in [-0.1, -0.05) is 30.3 Å². The largest absolute Gasteiger partial charge is 0.384 e. The Morgan fingerprint density at radius 2 is 1.94 bits per heavy atom. The molecule has 0 aliphatic heterocycles. The van der Waals surface area contributed by atoms with Gasteiger partial charge in [-0.2, -0.15) is 0 Å². The molecular weight excluding hydrogens is 227 g/mol. The van der Waals surface area contributed by atoms with Crippen molar-refractivity contribution in [3.8, 4) is 0 Å². The van der Waals surface area contributed by atoms with E-state index in [2.05, 4.69) is 0 Å². The zero-order chi connectivity index (χ0) is 12.0. The van der Waals surface area contributed by atoms with E-state index in [4.69, 9.17) is 14.2 Å². The van der Waals surface area contributed by atoms with Gasteiger partial charge in [0.2, 0.25) is 0 Å². The van der Waals surface area contributed by atoms with Gasteiger partial charge in [-0.25, -0.2) is 0 Å². The van der Waals surface area contributed by atoms with E-state index >= 15 is 0 Å². The molecule has 0 heterocycles. The Morgan fingerprint density at radius 1 is 1.31 bits per heavy atom. The maximum absolute atomic E-state index is 11.9. The minimum atomic E-state index is -3.37. The second-order valence-corrected chi connectivity index (χ2v) is 5.64. The lowest BCUT2D eigenvalue weighted by Crippen LogP contribution is -2.06. The Kier molecular flexibility index (Phi) is 5.16. The Morgan fingerprint density at radius 3 is 2.44 bits per heavy atom. The van der Waals surface area contributed by atoms with Crippen LogP contribution in [-0.4, -0.2) is 17.6 Å². The number of aliphatic hydroxyl groups excluding tert-OH is 1. The molecule has 0 bridgehead atoms. The van der Waals surface area contributed by atoms with Crippen LogP contribution in [0.3, 0.4) is 0 Å². The van der Waals surface area contributed by atoms with Crippen molar-refractivity contribution in [2.24, 2.45) is 0 Å². The van der Waals surface area contributed by atoms with Gasteiger partial charge in [-0.05, 0) is 19.4 Å². The molecule has 90 valence electrons. The fraction of sp³-hybridized carbons (Fsp3) is 0.455. The van der Waals surface area contributed by atoms with Gasteiger partial charge in [0, 0.05) is 0 Å². The molecule has 1 rings (SSSR count). The van der Waals surface area contributed by atoms with E-state index < -0.39 is 13.9 Å². The molecular formula is C11H17O4P. The van der Waals surface area contributed by atoms with Crippen molar-refractivity contribution < 1.29 is 18.7 Å². The molecule has 0 amide bonds. The van der Waals surface area contributed by atoms with Crippen LogP contribution < -0.4 is 0 Å². The van der Waals surface area contributed by atoms with Crippen molar-refractivity contribution >= 4 is 7.60 Å². The summed E-state index contributed by atoms with van der Waals surface area (Å²) in [6.07, 6.45) is -0.841. The molecule has 0 spiro atoms. The summed E-state index contributed by atoms with van der Waals surface area (Å²) in [5, 5.41) is 9.00. The first kappa shape index (κ1) is 13.4. The van der Waals surface area contributed by atoms with Crippen LogP contribution in [-0.2, 0) is 20.2 Å². The summed E-state index contributed by atoms with van der Waals surface area (Å²) in [5.74, 6) is 0. The standard InChI is InChI=1S/C11H17O4P/c1-10(2)15-16(13,9-12)14-8-11-6-4-3-5-7-11/h3-7,10,12H,8-9H2,1-2H3. The fourth-order valence-corrected chi connectivity index (χ4v) is 2.37. The van der Waals surface area contributed by atoms with Gasteiger partial charge in [-0.15, -0.1) is 0 Å². The highest BCUT2D eigenvalue weighted by molar-refractivity contribution is 7.53. The summed E-state index contributed by atoms with van der Waals surface area (Å²) in [6.45, 7) is 3.66. The quantitative estimate of drug-likeness (QED) is 0.782. The number of aliphatic hydroxyl groups is 1. The first-order valence-corrected chi connectivity index (χ1v) is 6.85. The smallest absolute Gasteiger partial charge is 0.356 e. The van der Waals surface area contributed by atoms with Crippen molar-refractivity contribution in [1.82, 2.24) is 0 Å². The zero-order valence-corrected chi connectivity index (χ0v) is 10.4. The number of rotatable bonds is 6. The molecule has 1 aromatic rings. The van der Waals surface area contributed by atoms with Crippen LogP contribution in [0.1, 0.15) is 19.4 Å². The molecule has 0 aromatic heterocycles. The van der Waals surface area contributed by atoms with Gasteiger partial charge < -0.3 is 14.2 Å². The highest BCUT2D eigenvalue weighted by Crippen LogP contribution is 2.48. The Labute approximate surface area is 95.7 Å². The second-order valence-electron chi connectivity index (χ2n) is 3.67. The van der Waals surface area contributed by atoms with Crippen molar-refractivity contribution in [3.63, 3.8) is 0 Å². The average molecular weight is 244 g/mol. The summed E-state index contributed by atoms with van der Waals surface area (Å²) in [5.41, 5.74) is 0.892. The van der Waals surface area contributed by atoms with Crippen LogP contribution in [0.5, 0.6) is 0 Å². The molecule has 0 radical (unpaired) electrons. The molecule has 0 saturated heterocycles. The Bertz CT molecular complexity index is 350. The summed E-state index contributed by atoms with van der Waals surface area (Å²) in [4.78, 5) is 0.